The third kappa shape index (κ3) is 1.93. The van der Waals surface area contributed by atoms with Gasteiger partial charge < -0.3 is 5.10 Å². The number of H-pyrrole nitrogens is 2. The van der Waals surface area contributed by atoms with Crippen molar-refractivity contribution in [1.82, 2.24) is 10.2 Å². The van der Waals surface area contributed by atoms with Crippen LogP contribution in [0.3, 0.4) is 0 Å². The van der Waals surface area contributed by atoms with Crippen LogP contribution in [-0.4, -0.2) is 21.4 Å². The first-order valence-electron chi connectivity index (χ1n) is 6.44. The molecule has 19 heavy (non-hydrogen) atoms. The van der Waals surface area contributed by atoms with E-state index in [1.807, 2.05) is 25.1 Å². The van der Waals surface area contributed by atoms with E-state index >= 15 is 0 Å². The monoisotopic (exact) mass is 255 g/mol. The van der Waals surface area contributed by atoms with Gasteiger partial charge in [0.1, 0.15) is 0 Å². The number of aliphatic imine (C=N–C) groups is 1. The van der Waals surface area contributed by atoms with Gasteiger partial charge >= 0.3 is 0 Å². The molecular formula is C15H17N3O. The fourth-order valence-electron chi connectivity index (χ4n) is 2.70. The Morgan fingerprint density at radius 2 is 1.95 bits per heavy atom. The Bertz CT molecular complexity index is 719. The molecule has 1 aliphatic heterocycles. The standard InChI is InChI=1S/C15H17N3O/c1-9-12(14(19)18-17-9)13-11-7-5-4-6-10(11)8-15(2,3)16-13/h4-7H,8H2,1-3H3,(H2,17,18,19). The van der Waals surface area contributed by atoms with Gasteiger partial charge in [-0.25, -0.2) is 0 Å². The highest BCUT2D eigenvalue weighted by Crippen LogP contribution is 2.28. The zero-order valence-corrected chi connectivity index (χ0v) is 11.4. The van der Waals surface area contributed by atoms with Gasteiger partial charge in [-0.1, -0.05) is 24.3 Å². The first-order chi connectivity index (χ1) is 8.98. The molecule has 0 atom stereocenters. The summed E-state index contributed by atoms with van der Waals surface area (Å²) in [6.07, 6.45) is 0.897. The minimum Gasteiger partial charge on any atom is -0.302 e. The molecule has 1 aromatic carbocycles. The normalized spacial score (nSPS) is 16.9. The predicted molar refractivity (Wildman–Crippen MR) is 76.0 cm³/mol. The van der Waals surface area contributed by atoms with Crippen molar-refractivity contribution in [3.05, 3.63) is 57.0 Å². The molecule has 2 aromatic rings. The van der Waals surface area contributed by atoms with E-state index in [1.165, 1.54) is 5.56 Å². The number of hydrogen-bond acceptors (Lipinski definition) is 2. The van der Waals surface area contributed by atoms with Crippen LogP contribution < -0.4 is 5.56 Å². The molecule has 98 valence electrons. The van der Waals surface area contributed by atoms with E-state index in [9.17, 15) is 4.79 Å². The van der Waals surface area contributed by atoms with Gasteiger partial charge in [0, 0.05) is 11.3 Å². The van der Waals surface area contributed by atoms with Crippen LogP contribution in [0.1, 0.15) is 36.2 Å². The lowest BCUT2D eigenvalue weighted by Gasteiger charge is -2.28. The minimum atomic E-state index is -0.181. The van der Waals surface area contributed by atoms with Crippen LogP contribution in [0.4, 0.5) is 0 Å². The van der Waals surface area contributed by atoms with Crippen LogP contribution in [0.5, 0.6) is 0 Å². The summed E-state index contributed by atoms with van der Waals surface area (Å²) in [6.45, 7) is 6.08. The molecule has 2 heterocycles. The Labute approximate surface area is 111 Å². The Morgan fingerprint density at radius 3 is 2.63 bits per heavy atom. The molecule has 0 saturated heterocycles. The van der Waals surface area contributed by atoms with Crippen molar-refractivity contribution in [3.63, 3.8) is 0 Å². The number of nitrogens with one attached hydrogen (secondary N) is 2. The summed E-state index contributed by atoms with van der Waals surface area (Å²) in [7, 11) is 0. The summed E-state index contributed by atoms with van der Waals surface area (Å²) in [6, 6.07) is 8.17. The van der Waals surface area contributed by atoms with E-state index in [1.54, 1.807) is 0 Å². The number of aryl methyl sites for hydroxylation is 1. The van der Waals surface area contributed by atoms with Gasteiger partial charge in [-0.15, -0.1) is 0 Å². The molecule has 0 unspecified atom stereocenters. The maximum absolute atomic E-state index is 12.0. The van der Waals surface area contributed by atoms with Crippen LogP contribution in [0.2, 0.25) is 0 Å². The second kappa shape index (κ2) is 3.95. The Morgan fingerprint density at radius 1 is 1.21 bits per heavy atom. The molecule has 3 rings (SSSR count). The lowest BCUT2D eigenvalue weighted by atomic mass is 9.85. The molecule has 1 aromatic heterocycles. The molecule has 0 saturated carbocycles. The van der Waals surface area contributed by atoms with Crippen molar-refractivity contribution < 1.29 is 0 Å². The van der Waals surface area contributed by atoms with Crippen molar-refractivity contribution >= 4 is 5.71 Å². The largest absolute Gasteiger partial charge is 0.302 e. The number of hydrogen-bond donors (Lipinski definition) is 2. The molecule has 0 bridgehead atoms. The molecular weight excluding hydrogens is 238 g/mol. The molecule has 2 N–H and O–H groups in total. The van der Waals surface area contributed by atoms with Gasteiger partial charge in [-0.05, 0) is 32.8 Å². The number of rotatable bonds is 1. The molecule has 1 aliphatic rings. The van der Waals surface area contributed by atoms with Crippen molar-refractivity contribution in [2.24, 2.45) is 4.99 Å². The average Bonchev–Trinajstić information content (AvgIpc) is 2.67. The third-order valence-electron chi connectivity index (χ3n) is 3.51. The zero-order valence-electron chi connectivity index (χ0n) is 11.4. The first-order valence-corrected chi connectivity index (χ1v) is 6.44. The number of fused-ring (bicyclic) bond motifs is 1. The van der Waals surface area contributed by atoms with E-state index in [0.717, 1.165) is 23.4 Å². The Hall–Kier alpha value is -2.10. The number of nitrogens with zero attached hydrogens (tertiary/aromatic N) is 1. The van der Waals surface area contributed by atoms with Crippen LogP contribution in [0.25, 0.3) is 0 Å². The SMILES string of the molecule is Cc1[nH][nH]c(=O)c1C1=NC(C)(C)Cc2ccccc21. The second-order valence-corrected chi connectivity index (χ2v) is 5.69. The van der Waals surface area contributed by atoms with Gasteiger partial charge in [0.15, 0.2) is 0 Å². The lowest BCUT2D eigenvalue weighted by molar-refractivity contribution is 0.513. The molecule has 0 fully saturated rings. The van der Waals surface area contributed by atoms with Crippen molar-refractivity contribution in [3.8, 4) is 0 Å². The van der Waals surface area contributed by atoms with Crippen molar-refractivity contribution in [1.29, 1.82) is 0 Å². The average molecular weight is 255 g/mol. The maximum atomic E-state index is 12.0. The summed E-state index contributed by atoms with van der Waals surface area (Å²) in [5.74, 6) is 0. The summed E-state index contributed by atoms with van der Waals surface area (Å²) < 4.78 is 0. The van der Waals surface area contributed by atoms with E-state index < -0.39 is 0 Å². The molecule has 4 heteroatoms. The van der Waals surface area contributed by atoms with Crippen molar-refractivity contribution in [2.75, 3.05) is 0 Å². The summed E-state index contributed by atoms with van der Waals surface area (Å²) >= 11 is 0. The molecule has 0 amide bonds. The number of benzene rings is 1. The second-order valence-electron chi connectivity index (χ2n) is 5.69. The maximum Gasteiger partial charge on any atom is 0.273 e. The van der Waals surface area contributed by atoms with E-state index in [4.69, 9.17) is 4.99 Å². The fraction of sp³-hybridized carbons (Fsp3) is 0.333. The number of aromatic nitrogens is 2. The third-order valence-corrected chi connectivity index (χ3v) is 3.51. The first kappa shape index (κ1) is 12.0. The highest BCUT2D eigenvalue weighted by molar-refractivity contribution is 6.15. The summed E-state index contributed by atoms with van der Waals surface area (Å²) in [5, 5.41) is 5.51. The molecule has 0 aliphatic carbocycles. The van der Waals surface area contributed by atoms with Gasteiger partial charge in [0.2, 0.25) is 0 Å². The predicted octanol–water partition coefficient (Wildman–Crippen LogP) is 2.18. The van der Waals surface area contributed by atoms with Gasteiger partial charge in [-0.2, -0.15) is 0 Å². The van der Waals surface area contributed by atoms with E-state index in [-0.39, 0.29) is 11.1 Å². The highest BCUT2D eigenvalue weighted by atomic mass is 16.1. The van der Waals surface area contributed by atoms with E-state index in [0.29, 0.717) is 5.56 Å². The Kier molecular flexibility index (Phi) is 2.49. The highest BCUT2D eigenvalue weighted by Gasteiger charge is 2.29. The minimum absolute atomic E-state index is 0.108. The number of aromatic amines is 2. The quantitative estimate of drug-likeness (QED) is 0.806. The summed E-state index contributed by atoms with van der Waals surface area (Å²) in [4.78, 5) is 16.8. The van der Waals surface area contributed by atoms with Gasteiger partial charge in [0.05, 0.1) is 16.8 Å². The lowest BCUT2D eigenvalue weighted by Crippen LogP contribution is -2.31. The van der Waals surface area contributed by atoms with Crippen molar-refractivity contribution in [2.45, 2.75) is 32.7 Å². The summed E-state index contributed by atoms with van der Waals surface area (Å²) in [5.41, 5.74) is 4.31. The van der Waals surface area contributed by atoms with Crippen LogP contribution in [0, 0.1) is 6.92 Å². The van der Waals surface area contributed by atoms with Gasteiger partial charge in [-0.3, -0.25) is 14.9 Å². The topological polar surface area (TPSA) is 61.0 Å². The van der Waals surface area contributed by atoms with Crippen LogP contribution in [-0.2, 0) is 6.42 Å². The van der Waals surface area contributed by atoms with Crippen LogP contribution in [0.15, 0.2) is 34.1 Å². The molecule has 0 spiro atoms. The van der Waals surface area contributed by atoms with Gasteiger partial charge in [0.25, 0.3) is 5.56 Å². The van der Waals surface area contributed by atoms with E-state index in [2.05, 4.69) is 30.1 Å². The fourth-order valence-corrected chi connectivity index (χ4v) is 2.70. The smallest absolute Gasteiger partial charge is 0.273 e. The Balaban J connectivity index is 2.29. The zero-order chi connectivity index (χ0) is 13.6. The molecule has 4 nitrogen and oxygen atoms in total. The van der Waals surface area contributed by atoms with Crippen LogP contribution >= 0.6 is 0 Å². The molecule has 0 radical (unpaired) electrons.